The van der Waals surface area contributed by atoms with Crippen molar-refractivity contribution in [2.75, 3.05) is 18.0 Å². The average Bonchev–Trinajstić information content (AvgIpc) is 3.17. The zero-order valence-corrected chi connectivity index (χ0v) is 12.9. The summed E-state index contributed by atoms with van der Waals surface area (Å²) in [6.07, 6.45) is 5.13. The topological polar surface area (TPSA) is 46.8 Å². The Morgan fingerprint density at radius 3 is 2.68 bits per heavy atom. The van der Waals surface area contributed by atoms with Gasteiger partial charge in [-0.1, -0.05) is 24.3 Å². The Hall–Kier alpha value is -2.43. The number of hydrogen-bond acceptors (Lipinski definition) is 4. The van der Waals surface area contributed by atoms with Crippen molar-refractivity contribution in [3.63, 3.8) is 0 Å². The van der Waals surface area contributed by atoms with Crippen molar-refractivity contribution in [3.05, 3.63) is 47.9 Å². The quantitative estimate of drug-likeness (QED) is 0.729. The highest BCUT2D eigenvalue weighted by molar-refractivity contribution is 5.93. The lowest BCUT2D eigenvalue weighted by molar-refractivity contribution is 0.494. The molecule has 0 amide bonds. The van der Waals surface area contributed by atoms with Crippen LogP contribution in [0.25, 0.3) is 10.8 Å². The molecule has 1 aromatic carbocycles. The van der Waals surface area contributed by atoms with Crippen LogP contribution in [-0.2, 0) is 0 Å². The van der Waals surface area contributed by atoms with E-state index in [2.05, 4.69) is 62.3 Å². The van der Waals surface area contributed by atoms with E-state index in [0.29, 0.717) is 6.04 Å². The number of aromatic nitrogens is 4. The Balaban J connectivity index is 1.68. The molecule has 0 N–H and O–H groups in total. The molecule has 1 aliphatic rings. The molecule has 1 fully saturated rings. The molecule has 0 aliphatic carbocycles. The molecule has 0 spiro atoms. The molecule has 5 nitrogen and oxygen atoms in total. The van der Waals surface area contributed by atoms with E-state index in [1.165, 1.54) is 16.3 Å². The number of aryl methyl sites for hydroxylation is 2. The molecule has 3 heterocycles. The molecule has 1 atom stereocenters. The summed E-state index contributed by atoms with van der Waals surface area (Å²) in [7, 11) is 0. The SMILES string of the molecule is Cc1cnn(C2CCN(c3nnc(C)c4ccccc34)C2)c1. The summed E-state index contributed by atoms with van der Waals surface area (Å²) in [5.74, 6) is 0.993. The molecule has 0 bridgehead atoms. The normalized spacial score (nSPS) is 18.3. The molecule has 22 heavy (non-hydrogen) atoms. The molecule has 2 aromatic heterocycles. The third-order valence-electron chi connectivity index (χ3n) is 4.42. The van der Waals surface area contributed by atoms with Gasteiger partial charge in [-0.15, -0.1) is 5.10 Å². The first-order valence-corrected chi connectivity index (χ1v) is 7.70. The van der Waals surface area contributed by atoms with Gasteiger partial charge in [-0.3, -0.25) is 4.68 Å². The second-order valence-corrected chi connectivity index (χ2v) is 6.04. The Bertz CT molecular complexity index is 823. The van der Waals surface area contributed by atoms with E-state index in [-0.39, 0.29) is 0 Å². The first kappa shape index (κ1) is 13.2. The minimum atomic E-state index is 0.413. The fourth-order valence-corrected chi connectivity index (χ4v) is 3.24. The summed E-state index contributed by atoms with van der Waals surface area (Å²) < 4.78 is 2.08. The molecule has 0 radical (unpaired) electrons. The molecule has 1 unspecified atom stereocenters. The van der Waals surface area contributed by atoms with Crippen molar-refractivity contribution in [2.45, 2.75) is 26.3 Å². The second-order valence-electron chi connectivity index (χ2n) is 6.04. The van der Waals surface area contributed by atoms with Gasteiger partial charge in [0.15, 0.2) is 5.82 Å². The first-order chi connectivity index (χ1) is 10.7. The van der Waals surface area contributed by atoms with Crippen LogP contribution in [0.15, 0.2) is 36.7 Å². The lowest BCUT2D eigenvalue weighted by Gasteiger charge is -2.19. The molecule has 3 aromatic rings. The summed E-state index contributed by atoms with van der Waals surface area (Å²) in [5.41, 5.74) is 2.19. The fourth-order valence-electron chi connectivity index (χ4n) is 3.24. The fraction of sp³-hybridized carbons (Fsp3) is 0.353. The Morgan fingerprint density at radius 1 is 1.09 bits per heavy atom. The van der Waals surface area contributed by atoms with Gasteiger partial charge in [-0.25, -0.2) is 0 Å². The van der Waals surface area contributed by atoms with Gasteiger partial charge in [-0.05, 0) is 25.8 Å². The van der Waals surface area contributed by atoms with E-state index >= 15 is 0 Å². The maximum atomic E-state index is 4.47. The van der Waals surface area contributed by atoms with Crippen LogP contribution in [0.4, 0.5) is 5.82 Å². The Labute approximate surface area is 129 Å². The minimum absolute atomic E-state index is 0.413. The molecule has 0 saturated carbocycles. The van der Waals surface area contributed by atoms with Crippen molar-refractivity contribution in [3.8, 4) is 0 Å². The van der Waals surface area contributed by atoms with Crippen LogP contribution in [0.5, 0.6) is 0 Å². The Kier molecular flexibility index (Phi) is 3.06. The monoisotopic (exact) mass is 293 g/mol. The predicted octanol–water partition coefficient (Wildman–Crippen LogP) is 2.89. The van der Waals surface area contributed by atoms with Gasteiger partial charge >= 0.3 is 0 Å². The summed E-state index contributed by atoms with van der Waals surface area (Å²) in [6, 6.07) is 8.79. The van der Waals surface area contributed by atoms with Gasteiger partial charge in [0.2, 0.25) is 0 Å². The molecular formula is C17H19N5. The lowest BCUT2D eigenvalue weighted by Crippen LogP contribution is -2.22. The predicted molar refractivity (Wildman–Crippen MR) is 87.1 cm³/mol. The maximum Gasteiger partial charge on any atom is 0.159 e. The van der Waals surface area contributed by atoms with Crippen molar-refractivity contribution >= 4 is 16.6 Å². The van der Waals surface area contributed by atoms with Gasteiger partial charge < -0.3 is 4.90 Å². The van der Waals surface area contributed by atoms with Gasteiger partial charge in [0, 0.05) is 30.1 Å². The van der Waals surface area contributed by atoms with Crippen LogP contribution >= 0.6 is 0 Å². The van der Waals surface area contributed by atoms with Gasteiger partial charge in [-0.2, -0.15) is 10.2 Å². The van der Waals surface area contributed by atoms with Gasteiger partial charge in [0.1, 0.15) is 0 Å². The van der Waals surface area contributed by atoms with Gasteiger partial charge in [0.25, 0.3) is 0 Å². The molecule has 1 aliphatic heterocycles. The lowest BCUT2D eigenvalue weighted by atomic mass is 10.1. The third-order valence-corrected chi connectivity index (χ3v) is 4.42. The smallest absolute Gasteiger partial charge is 0.159 e. The molecule has 4 rings (SSSR count). The zero-order chi connectivity index (χ0) is 15.1. The van der Waals surface area contributed by atoms with Crippen molar-refractivity contribution in [2.24, 2.45) is 0 Å². The standard InChI is InChI=1S/C17H19N5/c1-12-9-18-22(10-12)14-7-8-21(11-14)17-16-6-4-3-5-15(16)13(2)19-20-17/h3-6,9-10,14H,7-8,11H2,1-2H3. The van der Waals surface area contributed by atoms with Gasteiger partial charge in [0.05, 0.1) is 17.9 Å². The number of rotatable bonds is 2. The largest absolute Gasteiger partial charge is 0.352 e. The third kappa shape index (κ3) is 2.13. The summed E-state index contributed by atoms with van der Waals surface area (Å²) >= 11 is 0. The number of benzene rings is 1. The van der Waals surface area contributed by atoms with Crippen LogP contribution < -0.4 is 4.90 Å². The summed E-state index contributed by atoms with van der Waals surface area (Å²) in [5, 5.41) is 15.6. The number of anilines is 1. The number of hydrogen-bond donors (Lipinski definition) is 0. The summed E-state index contributed by atoms with van der Waals surface area (Å²) in [6.45, 7) is 6.02. The Morgan fingerprint density at radius 2 is 1.91 bits per heavy atom. The van der Waals surface area contributed by atoms with Crippen molar-refractivity contribution < 1.29 is 0 Å². The first-order valence-electron chi connectivity index (χ1n) is 7.70. The van der Waals surface area contributed by atoms with Crippen LogP contribution in [0.3, 0.4) is 0 Å². The van der Waals surface area contributed by atoms with E-state index in [4.69, 9.17) is 0 Å². The van der Waals surface area contributed by atoms with E-state index in [1.54, 1.807) is 0 Å². The average molecular weight is 293 g/mol. The van der Waals surface area contributed by atoms with E-state index in [1.807, 2.05) is 13.1 Å². The minimum Gasteiger partial charge on any atom is -0.352 e. The van der Waals surface area contributed by atoms with E-state index < -0.39 is 0 Å². The molecule has 1 saturated heterocycles. The molecule has 5 heteroatoms. The van der Waals surface area contributed by atoms with Crippen LogP contribution in [-0.4, -0.2) is 33.1 Å². The summed E-state index contributed by atoms with van der Waals surface area (Å²) in [4.78, 5) is 2.33. The van der Waals surface area contributed by atoms with E-state index in [9.17, 15) is 0 Å². The molecular weight excluding hydrogens is 274 g/mol. The maximum absolute atomic E-state index is 4.47. The van der Waals surface area contributed by atoms with E-state index in [0.717, 1.165) is 31.0 Å². The van der Waals surface area contributed by atoms with Crippen LogP contribution in [0.2, 0.25) is 0 Å². The van der Waals surface area contributed by atoms with Crippen molar-refractivity contribution in [1.82, 2.24) is 20.0 Å². The molecule has 112 valence electrons. The number of nitrogens with zero attached hydrogens (tertiary/aromatic N) is 5. The van der Waals surface area contributed by atoms with Crippen molar-refractivity contribution in [1.29, 1.82) is 0 Å². The highest BCUT2D eigenvalue weighted by Gasteiger charge is 2.26. The highest BCUT2D eigenvalue weighted by atomic mass is 15.3. The second kappa shape index (κ2) is 5.09. The van der Waals surface area contributed by atoms with Crippen LogP contribution in [0.1, 0.15) is 23.7 Å². The van der Waals surface area contributed by atoms with Crippen LogP contribution in [0, 0.1) is 13.8 Å². The zero-order valence-electron chi connectivity index (χ0n) is 12.9. The number of fused-ring (bicyclic) bond motifs is 1. The highest BCUT2D eigenvalue weighted by Crippen LogP contribution is 2.31.